The van der Waals surface area contributed by atoms with Crippen LogP contribution in [-0.4, -0.2) is 71.6 Å². The number of nitrogens with zero attached hydrogens (tertiary/aromatic N) is 2. The summed E-state index contributed by atoms with van der Waals surface area (Å²) in [5, 5.41) is 16.3. The molecule has 2 N–H and O–H groups in total. The summed E-state index contributed by atoms with van der Waals surface area (Å²) in [5.41, 5.74) is 1.01. The SMILES string of the molecule is CCOC1CC2(C1)C[C@@H]2C(=O)Nc1cc2cc(C3CCN([C@@]4(C)COC[C@H]4O)CC3)c(Cl)cc2cn1. The highest BCUT2D eigenvalue weighted by atomic mass is 35.5. The number of amides is 1. The van der Waals surface area contributed by atoms with Crippen molar-refractivity contribution < 1.29 is 19.4 Å². The van der Waals surface area contributed by atoms with Crippen LogP contribution in [0.1, 0.15) is 57.4 Å². The van der Waals surface area contributed by atoms with Crippen molar-refractivity contribution >= 4 is 34.1 Å². The van der Waals surface area contributed by atoms with Crippen LogP contribution in [0.3, 0.4) is 0 Å². The number of fused-ring (bicyclic) bond motifs is 1. The molecule has 194 valence electrons. The van der Waals surface area contributed by atoms with Crippen molar-refractivity contribution in [2.45, 2.75) is 69.6 Å². The van der Waals surface area contributed by atoms with Gasteiger partial charge in [-0.2, -0.15) is 0 Å². The van der Waals surface area contributed by atoms with Crippen LogP contribution in [0.5, 0.6) is 0 Å². The van der Waals surface area contributed by atoms with Gasteiger partial charge in [0.2, 0.25) is 5.91 Å². The average molecular weight is 514 g/mol. The molecular formula is C28H36ClN3O4. The van der Waals surface area contributed by atoms with E-state index >= 15 is 0 Å². The number of piperidine rings is 1. The first-order valence-electron chi connectivity index (χ1n) is 13.3. The number of carbonyl (C=O) groups is 1. The molecule has 1 amide bonds. The predicted octanol–water partition coefficient (Wildman–Crippen LogP) is 4.36. The second-order valence-corrected chi connectivity index (χ2v) is 11.9. The monoisotopic (exact) mass is 513 g/mol. The van der Waals surface area contributed by atoms with E-state index in [0.717, 1.165) is 73.2 Å². The molecule has 3 atom stereocenters. The zero-order valence-corrected chi connectivity index (χ0v) is 21.9. The van der Waals surface area contributed by atoms with Crippen LogP contribution < -0.4 is 5.32 Å². The molecule has 6 rings (SSSR count). The zero-order valence-electron chi connectivity index (χ0n) is 21.1. The zero-order chi connectivity index (χ0) is 25.1. The van der Waals surface area contributed by atoms with Crippen molar-refractivity contribution in [1.29, 1.82) is 0 Å². The van der Waals surface area contributed by atoms with E-state index in [9.17, 15) is 9.90 Å². The fourth-order valence-electron chi connectivity index (χ4n) is 6.80. The van der Waals surface area contributed by atoms with Gasteiger partial charge in [0.25, 0.3) is 0 Å². The highest BCUT2D eigenvalue weighted by molar-refractivity contribution is 6.32. The standard InChI is InChI=1S/C28H36ClN3O4/c1-3-36-20-11-28(12-20)13-22(28)26(34)31-25-10-18-8-21(23(29)9-19(18)14-30-25)17-4-6-32(7-5-17)27(2)16-35-15-24(27)33/h8-10,14,17,20,22,24,33H,3-7,11-13,15-16H2,1-2H3,(H,30,31,34)/t20?,22-,24-,27+,28?/m1/s1. The molecule has 4 fully saturated rings. The van der Waals surface area contributed by atoms with Gasteiger partial charge in [0.05, 0.1) is 31.0 Å². The number of nitrogens with one attached hydrogen (secondary N) is 1. The Morgan fingerprint density at radius 1 is 1.25 bits per heavy atom. The van der Waals surface area contributed by atoms with Crippen molar-refractivity contribution in [2.24, 2.45) is 11.3 Å². The predicted molar refractivity (Wildman–Crippen MR) is 139 cm³/mol. The Hall–Kier alpha value is -1.77. The smallest absolute Gasteiger partial charge is 0.229 e. The summed E-state index contributed by atoms with van der Waals surface area (Å²) >= 11 is 6.73. The average Bonchev–Trinajstić information content (AvgIpc) is 3.50. The molecule has 1 aromatic carbocycles. The number of hydrogen-bond donors (Lipinski definition) is 2. The van der Waals surface area contributed by atoms with Gasteiger partial charge >= 0.3 is 0 Å². The minimum Gasteiger partial charge on any atom is -0.389 e. The summed E-state index contributed by atoms with van der Waals surface area (Å²) in [5.74, 6) is 1.10. The van der Waals surface area contributed by atoms with Crippen molar-refractivity contribution in [2.75, 3.05) is 38.2 Å². The number of aromatic nitrogens is 1. The Labute approximate surface area is 217 Å². The summed E-state index contributed by atoms with van der Waals surface area (Å²) < 4.78 is 11.2. The third-order valence-corrected chi connectivity index (χ3v) is 9.64. The van der Waals surface area contributed by atoms with E-state index < -0.39 is 6.10 Å². The highest BCUT2D eigenvalue weighted by Gasteiger charge is 2.64. The number of aliphatic hydroxyl groups excluding tert-OH is 1. The van der Waals surface area contributed by atoms with Gasteiger partial charge in [-0.1, -0.05) is 11.6 Å². The van der Waals surface area contributed by atoms with Gasteiger partial charge in [0, 0.05) is 29.1 Å². The number of benzene rings is 1. The van der Waals surface area contributed by atoms with E-state index in [1.54, 1.807) is 6.20 Å². The molecule has 3 heterocycles. The van der Waals surface area contributed by atoms with Crippen molar-refractivity contribution in [3.63, 3.8) is 0 Å². The third kappa shape index (κ3) is 4.23. The molecule has 1 aromatic heterocycles. The molecule has 2 aliphatic carbocycles. The second kappa shape index (κ2) is 9.21. The van der Waals surface area contributed by atoms with E-state index in [0.29, 0.717) is 31.1 Å². The van der Waals surface area contributed by atoms with Gasteiger partial charge in [-0.25, -0.2) is 4.98 Å². The normalized spacial score (nSPS) is 34.7. The lowest BCUT2D eigenvalue weighted by molar-refractivity contribution is -0.120. The molecule has 4 aliphatic rings. The quantitative estimate of drug-likeness (QED) is 0.597. The highest BCUT2D eigenvalue weighted by Crippen LogP contribution is 2.66. The van der Waals surface area contributed by atoms with E-state index in [2.05, 4.69) is 28.2 Å². The first-order chi connectivity index (χ1) is 17.3. The molecule has 1 spiro atoms. The number of hydrogen-bond acceptors (Lipinski definition) is 6. The number of carbonyl (C=O) groups excluding carboxylic acids is 1. The molecule has 36 heavy (non-hydrogen) atoms. The molecule has 2 saturated heterocycles. The Bertz CT molecular complexity index is 1160. The lowest BCUT2D eigenvalue weighted by Crippen LogP contribution is -2.56. The number of pyridine rings is 1. The summed E-state index contributed by atoms with van der Waals surface area (Å²) in [6, 6.07) is 6.13. The fraction of sp³-hybridized carbons (Fsp3) is 0.643. The van der Waals surface area contributed by atoms with Crippen LogP contribution >= 0.6 is 11.6 Å². The Balaban J connectivity index is 1.12. The van der Waals surface area contributed by atoms with Gasteiger partial charge in [-0.3, -0.25) is 9.69 Å². The number of ether oxygens (including phenoxy) is 2. The van der Waals surface area contributed by atoms with Gasteiger partial charge < -0.3 is 19.9 Å². The largest absolute Gasteiger partial charge is 0.389 e. The van der Waals surface area contributed by atoms with Crippen molar-refractivity contribution in [3.05, 3.63) is 35.0 Å². The number of aliphatic hydroxyl groups is 1. The second-order valence-electron chi connectivity index (χ2n) is 11.5. The van der Waals surface area contributed by atoms with Crippen molar-refractivity contribution in [3.8, 4) is 0 Å². The van der Waals surface area contributed by atoms with Crippen LogP contribution in [0.25, 0.3) is 10.8 Å². The molecule has 2 aliphatic heterocycles. The molecule has 8 heteroatoms. The Morgan fingerprint density at radius 2 is 2.03 bits per heavy atom. The summed E-state index contributed by atoms with van der Waals surface area (Å²) in [6.45, 7) is 7.65. The van der Waals surface area contributed by atoms with E-state index in [4.69, 9.17) is 21.1 Å². The third-order valence-electron chi connectivity index (χ3n) is 9.31. The maximum Gasteiger partial charge on any atom is 0.229 e. The van der Waals surface area contributed by atoms with Crippen LogP contribution in [-0.2, 0) is 14.3 Å². The summed E-state index contributed by atoms with van der Waals surface area (Å²) in [6.07, 6.45) is 6.58. The lowest BCUT2D eigenvalue weighted by atomic mass is 9.77. The minimum absolute atomic E-state index is 0.0725. The Morgan fingerprint density at radius 3 is 2.72 bits per heavy atom. The molecule has 0 bridgehead atoms. The van der Waals surface area contributed by atoms with E-state index in [1.165, 1.54) is 0 Å². The van der Waals surface area contributed by atoms with Gasteiger partial charge in [-0.05, 0) is 99.5 Å². The van der Waals surface area contributed by atoms with Crippen molar-refractivity contribution in [1.82, 2.24) is 9.88 Å². The topological polar surface area (TPSA) is 83.9 Å². The minimum atomic E-state index is -0.444. The van der Waals surface area contributed by atoms with Crippen LogP contribution in [0.15, 0.2) is 24.4 Å². The molecule has 2 saturated carbocycles. The molecule has 2 aromatic rings. The lowest BCUT2D eigenvalue weighted by Gasteiger charge is -2.43. The van der Waals surface area contributed by atoms with E-state index in [1.807, 2.05) is 19.1 Å². The van der Waals surface area contributed by atoms with Gasteiger partial charge in [0.1, 0.15) is 5.82 Å². The maximum atomic E-state index is 12.9. The maximum absolute atomic E-state index is 12.9. The molecule has 0 unspecified atom stereocenters. The number of likely N-dealkylation sites (tertiary alicyclic amines) is 1. The van der Waals surface area contributed by atoms with Crippen LogP contribution in [0.4, 0.5) is 5.82 Å². The van der Waals surface area contributed by atoms with Gasteiger partial charge in [-0.15, -0.1) is 0 Å². The van der Waals surface area contributed by atoms with E-state index in [-0.39, 0.29) is 22.8 Å². The molecule has 7 nitrogen and oxygen atoms in total. The van der Waals surface area contributed by atoms with Gasteiger partial charge in [0.15, 0.2) is 0 Å². The molecule has 0 radical (unpaired) electrons. The summed E-state index contributed by atoms with van der Waals surface area (Å²) in [4.78, 5) is 19.8. The van der Waals surface area contributed by atoms with Crippen LogP contribution in [0.2, 0.25) is 5.02 Å². The fourth-order valence-corrected chi connectivity index (χ4v) is 7.13. The first-order valence-corrected chi connectivity index (χ1v) is 13.7. The number of rotatable bonds is 6. The first kappa shape index (κ1) is 24.6. The number of anilines is 1. The molecular weight excluding hydrogens is 478 g/mol. The van der Waals surface area contributed by atoms with Crippen LogP contribution in [0, 0.1) is 11.3 Å². The summed E-state index contributed by atoms with van der Waals surface area (Å²) in [7, 11) is 0. The number of halogens is 1. The Kier molecular flexibility index (Phi) is 6.28.